The van der Waals surface area contributed by atoms with Gasteiger partial charge in [0.05, 0.1) is 0 Å². The summed E-state index contributed by atoms with van der Waals surface area (Å²) in [5.41, 5.74) is 5.53. The number of aromatic nitrogens is 1. The molecule has 2 bridgehead atoms. The van der Waals surface area contributed by atoms with Crippen LogP contribution in [0.15, 0.2) is 24.8 Å². The van der Waals surface area contributed by atoms with Crippen molar-refractivity contribution in [1.82, 2.24) is 10.3 Å². The Morgan fingerprint density at radius 3 is 2.27 bits per heavy atom. The number of hydrogen-bond acceptors (Lipinski definition) is 1. The van der Waals surface area contributed by atoms with E-state index < -0.39 is 0 Å². The van der Waals surface area contributed by atoms with E-state index >= 15 is 0 Å². The summed E-state index contributed by atoms with van der Waals surface area (Å²) in [5.74, 6) is 0. The van der Waals surface area contributed by atoms with Gasteiger partial charge in [0.15, 0.2) is 0 Å². The van der Waals surface area contributed by atoms with E-state index in [0.717, 1.165) is 6.42 Å². The van der Waals surface area contributed by atoms with Crippen LogP contribution in [-0.2, 0) is 0 Å². The van der Waals surface area contributed by atoms with E-state index in [1.54, 1.807) is 0 Å². The summed E-state index contributed by atoms with van der Waals surface area (Å²) in [7, 11) is 0. The second kappa shape index (κ2) is 1.59. The molecular weight excluding hydrogens is 136 g/mol. The van der Waals surface area contributed by atoms with Crippen molar-refractivity contribution < 1.29 is 0 Å². The zero-order valence-electron chi connectivity index (χ0n) is 6.02. The van der Waals surface area contributed by atoms with Gasteiger partial charge in [-0.25, -0.2) is 0 Å². The zero-order valence-corrected chi connectivity index (χ0v) is 6.02. The van der Waals surface area contributed by atoms with Gasteiger partial charge in [0.1, 0.15) is 0 Å². The van der Waals surface area contributed by atoms with Crippen LogP contribution in [0.1, 0.15) is 17.5 Å². The molecule has 2 aliphatic rings. The molecule has 0 amide bonds. The minimum absolute atomic E-state index is 1.10. The van der Waals surface area contributed by atoms with E-state index in [1.165, 1.54) is 22.3 Å². The Morgan fingerprint density at radius 1 is 1.00 bits per heavy atom. The Labute approximate surface area is 64.6 Å². The highest BCUT2D eigenvalue weighted by molar-refractivity contribution is 5.93. The molecule has 0 spiro atoms. The van der Waals surface area contributed by atoms with Crippen LogP contribution in [0.5, 0.6) is 0 Å². The quantitative estimate of drug-likeness (QED) is 0.570. The van der Waals surface area contributed by atoms with Gasteiger partial charge in [-0.1, -0.05) is 0 Å². The standard InChI is InChI=1S/C9H8N2/c1-6-2-10-3-7(1)9-5-11-4-8(6)9/h2-5,10-11H,1H2. The predicted octanol–water partition coefficient (Wildman–Crippen LogP) is 1.70. The van der Waals surface area contributed by atoms with E-state index in [0.29, 0.717) is 0 Å². The fraction of sp³-hybridized carbons (Fsp3) is 0.111. The van der Waals surface area contributed by atoms with Crippen LogP contribution < -0.4 is 5.32 Å². The van der Waals surface area contributed by atoms with Gasteiger partial charge >= 0.3 is 0 Å². The highest BCUT2D eigenvalue weighted by Crippen LogP contribution is 2.41. The maximum absolute atomic E-state index is 3.14. The van der Waals surface area contributed by atoms with Crippen LogP contribution in [0.3, 0.4) is 0 Å². The molecule has 0 radical (unpaired) electrons. The van der Waals surface area contributed by atoms with E-state index in [2.05, 4.69) is 35.1 Å². The third-order valence-electron chi connectivity index (χ3n) is 2.33. The van der Waals surface area contributed by atoms with Gasteiger partial charge in [0.25, 0.3) is 0 Å². The lowest BCUT2D eigenvalue weighted by atomic mass is 10.1. The largest absolute Gasteiger partial charge is 0.367 e. The molecule has 0 saturated heterocycles. The molecule has 0 atom stereocenters. The molecule has 0 unspecified atom stereocenters. The number of allylic oxidation sites excluding steroid dienone is 2. The summed E-state index contributed by atoms with van der Waals surface area (Å²) in [6.45, 7) is 0. The first-order valence-electron chi connectivity index (χ1n) is 3.77. The first kappa shape index (κ1) is 5.24. The Bertz CT molecular complexity index is 336. The first-order valence-corrected chi connectivity index (χ1v) is 3.77. The summed E-state index contributed by atoms with van der Waals surface area (Å²) in [6.07, 6.45) is 9.38. The van der Waals surface area contributed by atoms with E-state index in [4.69, 9.17) is 0 Å². The summed E-state index contributed by atoms with van der Waals surface area (Å²) in [4.78, 5) is 3.12. The van der Waals surface area contributed by atoms with Crippen molar-refractivity contribution in [3.8, 4) is 0 Å². The maximum Gasteiger partial charge on any atom is 0.00879 e. The maximum atomic E-state index is 3.14. The van der Waals surface area contributed by atoms with Gasteiger partial charge in [-0.2, -0.15) is 0 Å². The topological polar surface area (TPSA) is 27.8 Å². The number of H-pyrrole nitrogens is 1. The van der Waals surface area contributed by atoms with Crippen molar-refractivity contribution in [2.45, 2.75) is 6.42 Å². The van der Waals surface area contributed by atoms with Gasteiger partial charge in [-0.05, 0) is 11.1 Å². The van der Waals surface area contributed by atoms with Crippen LogP contribution in [0.2, 0.25) is 0 Å². The molecule has 2 nitrogen and oxygen atoms in total. The summed E-state index contributed by atoms with van der Waals surface area (Å²) in [5, 5.41) is 3.14. The van der Waals surface area contributed by atoms with E-state index in [-0.39, 0.29) is 0 Å². The van der Waals surface area contributed by atoms with E-state index in [1.807, 2.05) is 0 Å². The van der Waals surface area contributed by atoms with Crippen molar-refractivity contribution in [2.75, 3.05) is 0 Å². The van der Waals surface area contributed by atoms with Gasteiger partial charge in [-0.15, -0.1) is 0 Å². The van der Waals surface area contributed by atoms with Crippen LogP contribution in [0.25, 0.3) is 11.1 Å². The smallest absolute Gasteiger partial charge is 0.00879 e. The van der Waals surface area contributed by atoms with Gasteiger partial charge in [0.2, 0.25) is 0 Å². The van der Waals surface area contributed by atoms with Crippen LogP contribution in [-0.4, -0.2) is 4.98 Å². The highest BCUT2D eigenvalue weighted by atomic mass is 14.8. The Balaban J connectivity index is 2.38. The fourth-order valence-corrected chi connectivity index (χ4v) is 1.79. The number of hydrogen-bond donors (Lipinski definition) is 2. The van der Waals surface area contributed by atoms with Gasteiger partial charge < -0.3 is 10.3 Å². The lowest BCUT2D eigenvalue weighted by Crippen LogP contribution is -1.98. The molecule has 11 heavy (non-hydrogen) atoms. The molecular formula is C9H8N2. The molecule has 54 valence electrons. The van der Waals surface area contributed by atoms with Crippen molar-refractivity contribution in [1.29, 1.82) is 0 Å². The van der Waals surface area contributed by atoms with E-state index in [9.17, 15) is 0 Å². The number of rotatable bonds is 0. The number of aromatic amines is 1. The molecule has 2 heteroatoms. The van der Waals surface area contributed by atoms with Crippen molar-refractivity contribution in [2.24, 2.45) is 0 Å². The molecule has 1 aliphatic carbocycles. The minimum atomic E-state index is 1.10. The zero-order chi connectivity index (χ0) is 7.26. The molecule has 0 aromatic carbocycles. The summed E-state index contributed by atoms with van der Waals surface area (Å²) >= 11 is 0. The second-order valence-electron chi connectivity index (χ2n) is 2.97. The molecule has 2 heterocycles. The molecule has 1 aliphatic heterocycles. The SMILES string of the molecule is C1=C2CC(=CN1)c1c[nH]cc12. The monoisotopic (exact) mass is 144 g/mol. The predicted molar refractivity (Wildman–Crippen MR) is 44.5 cm³/mol. The molecule has 0 fully saturated rings. The van der Waals surface area contributed by atoms with Crippen LogP contribution in [0, 0.1) is 0 Å². The van der Waals surface area contributed by atoms with Crippen molar-refractivity contribution >= 4 is 11.1 Å². The average molecular weight is 144 g/mol. The number of nitrogens with one attached hydrogen (secondary N) is 2. The molecule has 2 N–H and O–H groups in total. The normalized spacial score (nSPS) is 18.5. The van der Waals surface area contributed by atoms with Crippen LogP contribution >= 0.6 is 0 Å². The fourth-order valence-electron chi connectivity index (χ4n) is 1.79. The Kier molecular flexibility index (Phi) is 0.756. The lowest BCUT2D eigenvalue weighted by Gasteiger charge is -2.03. The highest BCUT2D eigenvalue weighted by Gasteiger charge is 2.23. The second-order valence-corrected chi connectivity index (χ2v) is 2.97. The van der Waals surface area contributed by atoms with Crippen molar-refractivity contribution in [3.63, 3.8) is 0 Å². The van der Waals surface area contributed by atoms with Crippen molar-refractivity contribution in [3.05, 3.63) is 35.9 Å². The first-order chi connectivity index (χ1) is 5.45. The lowest BCUT2D eigenvalue weighted by molar-refractivity contribution is 1.15. The summed E-state index contributed by atoms with van der Waals surface area (Å²) < 4.78 is 0. The third-order valence-corrected chi connectivity index (χ3v) is 2.33. The average Bonchev–Trinajstić information content (AvgIpc) is 2.58. The third kappa shape index (κ3) is 0.522. The minimum Gasteiger partial charge on any atom is -0.367 e. The Morgan fingerprint density at radius 2 is 1.64 bits per heavy atom. The molecule has 0 saturated carbocycles. The molecule has 1 aromatic rings. The molecule has 1 aromatic heterocycles. The number of dihydropyridines is 1. The van der Waals surface area contributed by atoms with Gasteiger partial charge in [0, 0.05) is 42.3 Å². The van der Waals surface area contributed by atoms with Crippen LogP contribution in [0.4, 0.5) is 0 Å². The Hall–Kier alpha value is -1.44. The summed E-state index contributed by atoms with van der Waals surface area (Å²) in [6, 6.07) is 0. The molecule has 3 rings (SSSR count). The number of fused-ring (bicyclic) bond motifs is 5. The van der Waals surface area contributed by atoms with Gasteiger partial charge in [-0.3, -0.25) is 0 Å².